The Morgan fingerprint density at radius 3 is 2.39 bits per heavy atom. The van der Waals surface area contributed by atoms with Crippen LogP contribution in [0.25, 0.3) is 10.8 Å². The summed E-state index contributed by atoms with van der Waals surface area (Å²) >= 11 is 0. The van der Waals surface area contributed by atoms with Gasteiger partial charge in [0.25, 0.3) is 0 Å². The Morgan fingerprint density at radius 1 is 0.903 bits per heavy atom. The van der Waals surface area contributed by atoms with Gasteiger partial charge in [0, 0.05) is 17.8 Å². The standard InChI is InChI=1S/C26H32N2O2S/c1-19(25-13-7-10-21-8-4-6-12-26(21)25)27-24-11-5-3-9-22(18-24)20-14-16-23(17-15-20)28-31(2,29)30/h4,6-8,10,12-17,19,22,24,27-28H,3,5,9,11,18H2,1-2H3/t19-,22?,24?/m1/s1. The number of hydrogen-bond acceptors (Lipinski definition) is 3. The van der Waals surface area contributed by atoms with Gasteiger partial charge in [0.2, 0.25) is 10.0 Å². The Morgan fingerprint density at radius 2 is 1.61 bits per heavy atom. The zero-order valence-electron chi connectivity index (χ0n) is 18.3. The van der Waals surface area contributed by atoms with Crippen molar-refractivity contribution >= 4 is 26.5 Å². The Labute approximate surface area is 186 Å². The van der Waals surface area contributed by atoms with E-state index < -0.39 is 10.0 Å². The predicted octanol–water partition coefficient (Wildman–Crippen LogP) is 5.98. The quantitative estimate of drug-likeness (QED) is 0.468. The molecule has 1 aliphatic carbocycles. The first-order valence-electron chi connectivity index (χ1n) is 11.2. The molecule has 0 spiro atoms. The summed E-state index contributed by atoms with van der Waals surface area (Å²) < 4.78 is 25.5. The molecule has 4 rings (SSSR count). The Bertz CT molecular complexity index is 1120. The fraction of sp³-hybridized carbons (Fsp3) is 0.385. The van der Waals surface area contributed by atoms with Gasteiger partial charge in [-0.3, -0.25) is 4.72 Å². The molecule has 2 N–H and O–H groups in total. The normalized spacial score (nSPS) is 20.8. The number of hydrogen-bond donors (Lipinski definition) is 2. The van der Waals surface area contributed by atoms with Crippen LogP contribution in [0.5, 0.6) is 0 Å². The van der Waals surface area contributed by atoms with Crippen LogP contribution in [0, 0.1) is 0 Å². The Balaban J connectivity index is 1.47. The van der Waals surface area contributed by atoms with Crippen LogP contribution >= 0.6 is 0 Å². The molecule has 164 valence electrons. The number of sulfonamides is 1. The van der Waals surface area contributed by atoms with E-state index in [2.05, 4.69) is 71.6 Å². The number of nitrogens with one attached hydrogen (secondary N) is 2. The largest absolute Gasteiger partial charge is 0.307 e. The van der Waals surface area contributed by atoms with Crippen LogP contribution in [0.15, 0.2) is 66.7 Å². The van der Waals surface area contributed by atoms with Gasteiger partial charge in [-0.15, -0.1) is 0 Å². The minimum atomic E-state index is -3.25. The predicted molar refractivity (Wildman–Crippen MR) is 130 cm³/mol. The molecule has 2 unspecified atom stereocenters. The molecule has 31 heavy (non-hydrogen) atoms. The van der Waals surface area contributed by atoms with E-state index in [0.29, 0.717) is 17.6 Å². The zero-order valence-corrected chi connectivity index (χ0v) is 19.2. The third-order valence-electron chi connectivity index (χ3n) is 6.39. The van der Waals surface area contributed by atoms with Crippen LogP contribution in [-0.2, 0) is 10.0 Å². The molecule has 0 radical (unpaired) electrons. The van der Waals surface area contributed by atoms with E-state index in [-0.39, 0.29) is 6.04 Å². The van der Waals surface area contributed by atoms with Crippen LogP contribution in [-0.4, -0.2) is 20.7 Å². The first-order chi connectivity index (χ1) is 14.9. The van der Waals surface area contributed by atoms with Gasteiger partial charge in [0.1, 0.15) is 0 Å². The molecule has 0 saturated heterocycles. The molecular formula is C26H32N2O2S. The van der Waals surface area contributed by atoms with Crippen molar-refractivity contribution in [2.75, 3.05) is 11.0 Å². The molecule has 0 bridgehead atoms. The zero-order chi connectivity index (χ0) is 21.8. The second kappa shape index (κ2) is 9.41. The van der Waals surface area contributed by atoms with Crippen molar-refractivity contribution in [1.82, 2.24) is 5.32 Å². The van der Waals surface area contributed by atoms with Gasteiger partial charge in [-0.2, -0.15) is 0 Å². The molecule has 3 aromatic rings. The molecular weight excluding hydrogens is 404 g/mol. The number of anilines is 1. The maximum absolute atomic E-state index is 11.5. The van der Waals surface area contributed by atoms with Gasteiger partial charge in [0.05, 0.1) is 6.26 Å². The lowest BCUT2D eigenvalue weighted by Gasteiger charge is -2.26. The van der Waals surface area contributed by atoms with E-state index in [0.717, 1.165) is 6.42 Å². The summed E-state index contributed by atoms with van der Waals surface area (Å²) in [5, 5.41) is 6.53. The topological polar surface area (TPSA) is 58.2 Å². The van der Waals surface area contributed by atoms with Gasteiger partial charge < -0.3 is 5.32 Å². The Kier molecular flexibility index (Phi) is 6.63. The van der Waals surface area contributed by atoms with Gasteiger partial charge >= 0.3 is 0 Å². The van der Waals surface area contributed by atoms with Gasteiger partial charge in [-0.05, 0) is 66.1 Å². The maximum Gasteiger partial charge on any atom is 0.229 e. The van der Waals surface area contributed by atoms with Crippen molar-refractivity contribution in [3.63, 3.8) is 0 Å². The molecule has 5 heteroatoms. The number of benzene rings is 3. The summed E-state index contributed by atoms with van der Waals surface area (Å²) in [5.74, 6) is 0.493. The van der Waals surface area contributed by atoms with Crippen molar-refractivity contribution < 1.29 is 8.42 Å². The third-order valence-corrected chi connectivity index (χ3v) is 6.99. The van der Waals surface area contributed by atoms with Crippen molar-refractivity contribution in [3.05, 3.63) is 77.9 Å². The van der Waals surface area contributed by atoms with Crippen molar-refractivity contribution in [2.24, 2.45) is 0 Å². The molecule has 4 nitrogen and oxygen atoms in total. The van der Waals surface area contributed by atoms with E-state index in [9.17, 15) is 8.42 Å². The average molecular weight is 437 g/mol. The highest BCUT2D eigenvalue weighted by Gasteiger charge is 2.23. The minimum absolute atomic E-state index is 0.288. The van der Waals surface area contributed by atoms with Crippen molar-refractivity contribution in [2.45, 2.75) is 57.0 Å². The van der Waals surface area contributed by atoms with E-state index in [4.69, 9.17) is 0 Å². The van der Waals surface area contributed by atoms with E-state index in [1.54, 1.807) is 0 Å². The summed E-state index contributed by atoms with van der Waals surface area (Å²) in [4.78, 5) is 0. The molecule has 0 heterocycles. The minimum Gasteiger partial charge on any atom is -0.307 e. The molecule has 3 atom stereocenters. The lowest BCUT2D eigenvalue weighted by molar-refractivity contribution is 0.400. The van der Waals surface area contributed by atoms with E-state index in [1.807, 2.05) is 12.1 Å². The second-order valence-corrected chi connectivity index (χ2v) is 10.6. The SMILES string of the molecule is C[C@@H](NC1CCCCC(c2ccc(NS(C)(=O)=O)cc2)C1)c1cccc2ccccc12. The number of fused-ring (bicyclic) bond motifs is 1. The van der Waals surface area contributed by atoms with Gasteiger partial charge in [0.15, 0.2) is 0 Å². The lowest BCUT2D eigenvalue weighted by Crippen LogP contribution is -2.32. The summed E-state index contributed by atoms with van der Waals surface area (Å²) in [6, 6.07) is 23.8. The monoisotopic (exact) mass is 436 g/mol. The lowest BCUT2D eigenvalue weighted by atomic mass is 9.89. The molecule has 1 saturated carbocycles. The van der Waals surface area contributed by atoms with Crippen LogP contribution in [0.3, 0.4) is 0 Å². The summed E-state index contributed by atoms with van der Waals surface area (Å²) in [6.07, 6.45) is 7.13. The summed E-state index contributed by atoms with van der Waals surface area (Å²) in [5.41, 5.74) is 3.28. The summed E-state index contributed by atoms with van der Waals surface area (Å²) in [7, 11) is -3.25. The molecule has 1 fully saturated rings. The van der Waals surface area contributed by atoms with Crippen molar-refractivity contribution in [1.29, 1.82) is 0 Å². The van der Waals surface area contributed by atoms with Crippen LogP contribution < -0.4 is 10.0 Å². The maximum atomic E-state index is 11.5. The summed E-state index contributed by atoms with van der Waals surface area (Å²) in [6.45, 7) is 2.27. The molecule has 3 aromatic carbocycles. The third kappa shape index (κ3) is 5.66. The first kappa shape index (κ1) is 21.8. The van der Waals surface area contributed by atoms with Crippen LogP contribution in [0.1, 0.15) is 62.1 Å². The van der Waals surface area contributed by atoms with Gasteiger partial charge in [-0.1, -0.05) is 67.4 Å². The average Bonchev–Trinajstić information content (AvgIpc) is 2.98. The highest BCUT2D eigenvalue weighted by molar-refractivity contribution is 7.92. The highest BCUT2D eigenvalue weighted by Crippen LogP contribution is 2.34. The molecule has 0 aromatic heterocycles. The molecule has 0 aliphatic heterocycles. The van der Waals surface area contributed by atoms with Crippen LogP contribution in [0.2, 0.25) is 0 Å². The van der Waals surface area contributed by atoms with Crippen molar-refractivity contribution in [3.8, 4) is 0 Å². The first-order valence-corrected chi connectivity index (χ1v) is 13.1. The highest BCUT2D eigenvalue weighted by atomic mass is 32.2. The Hall–Kier alpha value is -2.37. The fourth-order valence-corrected chi connectivity index (χ4v) is 5.49. The van der Waals surface area contributed by atoms with E-state index >= 15 is 0 Å². The molecule has 1 aliphatic rings. The van der Waals surface area contributed by atoms with E-state index in [1.165, 1.54) is 53.8 Å². The fourth-order valence-electron chi connectivity index (χ4n) is 4.92. The van der Waals surface area contributed by atoms with Crippen LogP contribution in [0.4, 0.5) is 5.69 Å². The van der Waals surface area contributed by atoms with Gasteiger partial charge in [-0.25, -0.2) is 8.42 Å². The molecule has 0 amide bonds. The number of rotatable bonds is 6. The smallest absolute Gasteiger partial charge is 0.229 e. The second-order valence-electron chi connectivity index (χ2n) is 8.87.